The van der Waals surface area contributed by atoms with Crippen molar-refractivity contribution in [3.63, 3.8) is 0 Å². The van der Waals surface area contributed by atoms with Gasteiger partial charge in [0.25, 0.3) is 5.91 Å². The van der Waals surface area contributed by atoms with E-state index in [9.17, 15) is 19.2 Å². The zero-order chi connectivity index (χ0) is 17.1. The van der Waals surface area contributed by atoms with Crippen LogP contribution in [0.5, 0.6) is 0 Å². The normalized spacial score (nSPS) is 11.3. The van der Waals surface area contributed by atoms with Crippen LogP contribution in [0.3, 0.4) is 0 Å². The molecule has 0 aromatic heterocycles. The fourth-order valence-electron chi connectivity index (χ4n) is 1.50. The minimum Gasteiger partial charge on any atom is -0.455 e. The van der Waals surface area contributed by atoms with E-state index in [1.54, 1.807) is 20.8 Å². The molecule has 0 heterocycles. The van der Waals surface area contributed by atoms with Crippen LogP contribution in [0.4, 0.5) is 0 Å². The van der Waals surface area contributed by atoms with Gasteiger partial charge in [0.15, 0.2) is 6.61 Å². The zero-order valence-corrected chi connectivity index (χ0v) is 13.4. The second-order valence-corrected chi connectivity index (χ2v) is 4.30. The van der Waals surface area contributed by atoms with Gasteiger partial charge in [0, 0.05) is 26.4 Å². The summed E-state index contributed by atoms with van der Waals surface area (Å²) in [5.41, 5.74) is 0. The maximum absolute atomic E-state index is 11.6. The highest BCUT2D eigenvalue weighted by atomic mass is 16.7. The maximum atomic E-state index is 11.6. The number of esters is 3. The van der Waals surface area contributed by atoms with Crippen molar-refractivity contribution in [3.05, 3.63) is 0 Å². The number of likely N-dealkylation sites (N-methyl/N-ethyl adjacent to an activating group) is 1. The zero-order valence-electron chi connectivity index (χ0n) is 13.4. The number of amides is 1. The summed E-state index contributed by atoms with van der Waals surface area (Å²) in [7, 11) is 0. The van der Waals surface area contributed by atoms with Gasteiger partial charge in [0.2, 0.25) is 6.29 Å². The molecule has 0 aliphatic rings. The third-order valence-corrected chi connectivity index (χ3v) is 2.64. The first-order chi connectivity index (χ1) is 10.3. The average Bonchev–Trinajstić information content (AvgIpc) is 2.45. The van der Waals surface area contributed by atoms with E-state index in [0.717, 1.165) is 0 Å². The number of ether oxygens (including phenoxy) is 3. The van der Waals surface area contributed by atoms with Gasteiger partial charge in [-0.05, 0) is 13.8 Å². The molecule has 126 valence electrons. The molecule has 0 bridgehead atoms. The number of hydrogen-bond acceptors (Lipinski definition) is 7. The van der Waals surface area contributed by atoms with Gasteiger partial charge in [0.05, 0.1) is 0 Å². The highest BCUT2D eigenvalue weighted by Crippen LogP contribution is 2.01. The Morgan fingerprint density at radius 1 is 0.909 bits per heavy atom. The van der Waals surface area contributed by atoms with E-state index in [-0.39, 0.29) is 12.3 Å². The lowest BCUT2D eigenvalue weighted by Gasteiger charge is -2.18. The predicted octanol–water partition coefficient (Wildman–Crippen LogP) is 0.631. The van der Waals surface area contributed by atoms with Crippen molar-refractivity contribution in [1.82, 2.24) is 4.90 Å². The highest BCUT2D eigenvalue weighted by molar-refractivity contribution is 5.92. The highest BCUT2D eigenvalue weighted by Gasteiger charge is 2.19. The summed E-state index contributed by atoms with van der Waals surface area (Å²) in [5, 5.41) is 0. The lowest BCUT2D eigenvalue weighted by Crippen LogP contribution is -2.34. The van der Waals surface area contributed by atoms with Crippen molar-refractivity contribution in [2.24, 2.45) is 0 Å². The maximum Gasteiger partial charge on any atom is 0.320 e. The van der Waals surface area contributed by atoms with E-state index in [1.165, 1.54) is 11.8 Å². The Kier molecular flexibility index (Phi) is 9.56. The van der Waals surface area contributed by atoms with Crippen LogP contribution < -0.4 is 0 Å². The molecule has 0 spiro atoms. The number of rotatable bonds is 9. The van der Waals surface area contributed by atoms with Gasteiger partial charge in [-0.3, -0.25) is 19.2 Å². The number of nitrogens with zero attached hydrogens (tertiary/aromatic N) is 1. The Balaban J connectivity index is 4.08. The first-order valence-corrected chi connectivity index (χ1v) is 7.16. The molecule has 0 aromatic carbocycles. The minimum absolute atomic E-state index is 0.150. The second-order valence-electron chi connectivity index (χ2n) is 4.30. The molecule has 8 heteroatoms. The quantitative estimate of drug-likeness (QED) is 0.349. The summed E-state index contributed by atoms with van der Waals surface area (Å²) in [5.74, 6) is -2.62. The third-order valence-electron chi connectivity index (χ3n) is 2.64. The van der Waals surface area contributed by atoms with Crippen molar-refractivity contribution < 1.29 is 33.4 Å². The van der Waals surface area contributed by atoms with Crippen LogP contribution in [0.1, 0.15) is 40.5 Å². The molecule has 0 aromatic rings. The molecule has 0 fully saturated rings. The minimum atomic E-state index is -1.08. The summed E-state index contributed by atoms with van der Waals surface area (Å²) in [6, 6.07) is 0. The summed E-state index contributed by atoms with van der Waals surface area (Å²) < 4.78 is 14.1. The van der Waals surface area contributed by atoms with Gasteiger partial charge < -0.3 is 19.1 Å². The van der Waals surface area contributed by atoms with Crippen molar-refractivity contribution in [2.45, 2.75) is 46.8 Å². The van der Waals surface area contributed by atoms with Crippen LogP contribution in [-0.2, 0) is 33.4 Å². The monoisotopic (exact) mass is 317 g/mol. The smallest absolute Gasteiger partial charge is 0.320 e. The number of carbonyl (C=O) groups excluding carboxylic acids is 4. The number of hydrogen-bond donors (Lipinski definition) is 0. The molecule has 0 rings (SSSR count). The first-order valence-electron chi connectivity index (χ1n) is 7.16. The van der Waals surface area contributed by atoms with E-state index in [0.29, 0.717) is 13.1 Å². The summed E-state index contributed by atoms with van der Waals surface area (Å²) >= 11 is 0. The topological polar surface area (TPSA) is 99.2 Å². The van der Waals surface area contributed by atoms with Crippen molar-refractivity contribution >= 4 is 23.8 Å². The molecule has 0 aliphatic carbocycles. The van der Waals surface area contributed by atoms with Crippen molar-refractivity contribution in [2.75, 3.05) is 19.7 Å². The Hall–Kier alpha value is -2.12. The number of carbonyl (C=O) groups is 4. The van der Waals surface area contributed by atoms with Crippen molar-refractivity contribution in [1.29, 1.82) is 0 Å². The van der Waals surface area contributed by atoms with Gasteiger partial charge in [-0.1, -0.05) is 6.92 Å². The van der Waals surface area contributed by atoms with Crippen LogP contribution in [0.15, 0.2) is 0 Å². The summed E-state index contributed by atoms with van der Waals surface area (Å²) in [6.07, 6.45) is -1.58. The van der Waals surface area contributed by atoms with Crippen LogP contribution in [0.2, 0.25) is 0 Å². The van der Waals surface area contributed by atoms with Gasteiger partial charge in [-0.2, -0.15) is 0 Å². The molecular formula is C14H23NO7. The lowest BCUT2D eigenvalue weighted by atomic mass is 10.4. The largest absolute Gasteiger partial charge is 0.455 e. The fourth-order valence-corrected chi connectivity index (χ4v) is 1.50. The molecule has 1 unspecified atom stereocenters. The predicted molar refractivity (Wildman–Crippen MR) is 75.4 cm³/mol. The molecule has 0 N–H and O–H groups in total. The van der Waals surface area contributed by atoms with Gasteiger partial charge in [-0.15, -0.1) is 0 Å². The Morgan fingerprint density at radius 3 is 1.95 bits per heavy atom. The molecule has 22 heavy (non-hydrogen) atoms. The molecule has 0 saturated heterocycles. The summed E-state index contributed by atoms with van der Waals surface area (Å²) in [4.78, 5) is 46.9. The Morgan fingerprint density at radius 2 is 1.45 bits per heavy atom. The molecule has 0 saturated carbocycles. The van der Waals surface area contributed by atoms with E-state index in [2.05, 4.69) is 0 Å². The Labute approximate surface area is 129 Å². The molecular weight excluding hydrogens is 294 g/mol. The summed E-state index contributed by atoms with van der Waals surface area (Å²) in [6.45, 7) is 7.17. The average molecular weight is 317 g/mol. The van der Waals surface area contributed by atoms with Crippen LogP contribution in [0.25, 0.3) is 0 Å². The van der Waals surface area contributed by atoms with Crippen molar-refractivity contribution in [3.8, 4) is 0 Å². The SMILES string of the molecule is CCC(=O)OC(C)OC(=O)CC(=O)OCC(=O)N(CC)CC. The van der Waals surface area contributed by atoms with E-state index >= 15 is 0 Å². The van der Waals surface area contributed by atoms with Gasteiger partial charge in [-0.25, -0.2) is 0 Å². The standard InChI is InChI=1S/C14H23NO7/c1-5-12(17)21-10(4)22-14(19)8-13(18)20-9-11(16)15(6-2)7-3/h10H,5-9H2,1-4H3. The van der Waals surface area contributed by atoms with E-state index < -0.39 is 37.2 Å². The molecule has 1 amide bonds. The van der Waals surface area contributed by atoms with E-state index in [1.807, 2.05) is 0 Å². The van der Waals surface area contributed by atoms with Crippen LogP contribution in [0, 0.1) is 0 Å². The second kappa shape index (κ2) is 10.6. The molecule has 1 atom stereocenters. The van der Waals surface area contributed by atoms with Gasteiger partial charge >= 0.3 is 17.9 Å². The molecule has 8 nitrogen and oxygen atoms in total. The van der Waals surface area contributed by atoms with E-state index in [4.69, 9.17) is 14.2 Å². The van der Waals surface area contributed by atoms with Gasteiger partial charge in [0.1, 0.15) is 6.42 Å². The lowest BCUT2D eigenvalue weighted by molar-refractivity contribution is -0.185. The van der Waals surface area contributed by atoms with Crippen LogP contribution >= 0.6 is 0 Å². The third kappa shape index (κ3) is 8.23. The first kappa shape index (κ1) is 19.9. The van der Waals surface area contributed by atoms with Crippen LogP contribution in [-0.4, -0.2) is 54.7 Å². The fraction of sp³-hybridized carbons (Fsp3) is 0.714. The Bertz CT molecular complexity index is 404. The molecule has 0 radical (unpaired) electrons. The molecule has 0 aliphatic heterocycles.